The average molecular weight is 314 g/mol. The first kappa shape index (κ1) is 15.3. The fourth-order valence-corrected chi connectivity index (χ4v) is 2.10. The fourth-order valence-electron chi connectivity index (χ4n) is 1.84. The summed E-state index contributed by atoms with van der Waals surface area (Å²) >= 11 is 3.36. The molecule has 0 heterocycles. The largest absolute Gasteiger partial charge is 0.383 e. The SMILES string of the molecule is CCN(CC(=O)c1ccc(Br)cc1)C(C)COC. The van der Waals surface area contributed by atoms with Crippen molar-refractivity contribution in [1.82, 2.24) is 4.90 Å². The van der Waals surface area contributed by atoms with E-state index in [0.717, 1.165) is 16.6 Å². The number of hydrogen-bond donors (Lipinski definition) is 0. The monoisotopic (exact) mass is 313 g/mol. The first-order chi connectivity index (χ1) is 8.58. The van der Waals surface area contributed by atoms with Crippen LogP contribution in [0.5, 0.6) is 0 Å². The van der Waals surface area contributed by atoms with Crippen molar-refractivity contribution in [2.75, 3.05) is 26.8 Å². The van der Waals surface area contributed by atoms with Gasteiger partial charge < -0.3 is 4.74 Å². The maximum atomic E-state index is 12.1. The first-order valence-corrected chi connectivity index (χ1v) is 6.89. The number of likely N-dealkylation sites (N-methyl/N-ethyl adjacent to an activating group) is 1. The zero-order valence-electron chi connectivity index (χ0n) is 11.1. The Morgan fingerprint density at radius 3 is 2.50 bits per heavy atom. The molecular formula is C14H20BrNO2. The Labute approximate surface area is 117 Å². The van der Waals surface area contributed by atoms with E-state index in [1.165, 1.54) is 0 Å². The van der Waals surface area contributed by atoms with Crippen LogP contribution < -0.4 is 0 Å². The molecule has 0 saturated heterocycles. The Balaban J connectivity index is 2.64. The normalized spacial score (nSPS) is 12.7. The van der Waals surface area contributed by atoms with Crippen LogP contribution in [-0.4, -0.2) is 43.5 Å². The highest BCUT2D eigenvalue weighted by molar-refractivity contribution is 9.10. The summed E-state index contributed by atoms with van der Waals surface area (Å²) in [6.45, 7) is 6.04. The van der Waals surface area contributed by atoms with E-state index in [0.29, 0.717) is 13.2 Å². The lowest BCUT2D eigenvalue weighted by Gasteiger charge is -2.26. The lowest BCUT2D eigenvalue weighted by atomic mass is 10.1. The highest BCUT2D eigenvalue weighted by Crippen LogP contribution is 2.12. The van der Waals surface area contributed by atoms with Gasteiger partial charge in [-0.3, -0.25) is 9.69 Å². The second-order valence-corrected chi connectivity index (χ2v) is 5.21. The molecule has 1 aromatic rings. The minimum Gasteiger partial charge on any atom is -0.383 e. The van der Waals surface area contributed by atoms with Crippen LogP contribution >= 0.6 is 15.9 Å². The molecule has 0 bridgehead atoms. The number of hydrogen-bond acceptors (Lipinski definition) is 3. The number of halogens is 1. The molecule has 1 atom stereocenters. The number of methoxy groups -OCH3 is 1. The van der Waals surface area contributed by atoms with Gasteiger partial charge in [-0.25, -0.2) is 0 Å². The molecule has 0 radical (unpaired) electrons. The Hall–Kier alpha value is -0.710. The van der Waals surface area contributed by atoms with E-state index in [2.05, 4.69) is 34.7 Å². The van der Waals surface area contributed by atoms with Gasteiger partial charge >= 0.3 is 0 Å². The summed E-state index contributed by atoms with van der Waals surface area (Å²) in [4.78, 5) is 14.3. The number of rotatable bonds is 7. The third-order valence-electron chi connectivity index (χ3n) is 2.95. The van der Waals surface area contributed by atoms with Gasteiger partial charge in [-0.2, -0.15) is 0 Å². The van der Waals surface area contributed by atoms with E-state index < -0.39 is 0 Å². The van der Waals surface area contributed by atoms with E-state index >= 15 is 0 Å². The molecule has 0 spiro atoms. The van der Waals surface area contributed by atoms with E-state index in [1.54, 1.807) is 7.11 Å². The molecule has 0 N–H and O–H groups in total. The van der Waals surface area contributed by atoms with Crippen LogP contribution in [0.3, 0.4) is 0 Å². The molecule has 0 aliphatic carbocycles. The number of benzene rings is 1. The fraction of sp³-hybridized carbons (Fsp3) is 0.500. The van der Waals surface area contributed by atoms with Crippen LogP contribution in [-0.2, 0) is 4.74 Å². The summed E-state index contributed by atoms with van der Waals surface area (Å²) in [5.74, 6) is 0.146. The molecule has 0 aromatic heterocycles. The number of carbonyl (C=O) groups excluding carboxylic acids is 1. The van der Waals surface area contributed by atoms with Gasteiger partial charge in [-0.1, -0.05) is 35.0 Å². The summed E-state index contributed by atoms with van der Waals surface area (Å²) < 4.78 is 6.12. The smallest absolute Gasteiger partial charge is 0.176 e. The number of nitrogens with zero attached hydrogens (tertiary/aromatic N) is 1. The van der Waals surface area contributed by atoms with E-state index in [-0.39, 0.29) is 11.8 Å². The molecule has 3 nitrogen and oxygen atoms in total. The minimum absolute atomic E-state index is 0.146. The Morgan fingerprint density at radius 1 is 1.39 bits per heavy atom. The number of carbonyl (C=O) groups is 1. The van der Waals surface area contributed by atoms with E-state index in [4.69, 9.17) is 4.74 Å². The quantitative estimate of drug-likeness (QED) is 0.725. The third kappa shape index (κ3) is 4.52. The Bertz CT molecular complexity index is 378. The van der Waals surface area contributed by atoms with Crippen molar-refractivity contribution < 1.29 is 9.53 Å². The number of ketones is 1. The Kier molecular flexibility index (Phi) is 6.54. The van der Waals surface area contributed by atoms with Gasteiger partial charge in [-0.05, 0) is 25.6 Å². The maximum Gasteiger partial charge on any atom is 0.176 e. The van der Waals surface area contributed by atoms with Crippen LogP contribution in [0, 0.1) is 0 Å². The number of Topliss-reactive ketones (excluding diaryl/α,β-unsaturated/α-hetero) is 1. The summed E-state index contributed by atoms with van der Waals surface area (Å²) in [6.07, 6.45) is 0. The summed E-state index contributed by atoms with van der Waals surface area (Å²) in [7, 11) is 1.68. The molecular weight excluding hydrogens is 294 g/mol. The first-order valence-electron chi connectivity index (χ1n) is 6.10. The molecule has 0 aliphatic heterocycles. The zero-order valence-corrected chi connectivity index (χ0v) is 12.7. The molecule has 0 aliphatic rings. The lowest BCUT2D eigenvalue weighted by Crippen LogP contribution is -2.39. The van der Waals surface area contributed by atoms with Crippen molar-refractivity contribution in [3.63, 3.8) is 0 Å². The lowest BCUT2D eigenvalue weighted by molar-refractivity contribution is 0.0788. The molecule has 0 fully saturated rings. The molecule has 4 heteroatoms. The molecule has 1 unspecified atom stereocenters. The summed E-state index contributed by atoms with van der Waals surface area (Å²) in [5.41, 5.74) is 0.751. The highest BCUT2D eigenvalue weighted by atomic mass is 79.9. The number of ether oxygens (including phenoxy) is 1. The molecule has 100 valence electrons. The van der Waals surface area contributed by atoms with Crippen molar-refractivity contribution in [2.24, 2.45) is 0 Å². The van der Waals surface area contributed by atoms with E-state index in [9.17, 15) is 4.79 Å². The second kappa shape index (κ2) is 7.67. The van der Waals surface area contributed by atoms with Gasteiger partial charge in [-0.15, -0.1) is 0 Å². The Morgan fingerprint density at radius 2 is 2.00 bits per heavy atom. The maximum absolute atomic E-state index is 12.1. The minimum atomic E-state index is 0.146. The van der Waals surface area contributed by atoms with Gasteiger partial charge in [0.2, 0.25) is 0 Å². The van der Waals surface area contributed by atoms with Crippen LogP contribution in [0.1, 0.15) is 24.2 Å². The van der Waals surface area contributed by atoms with Crippen molar-refractivity contribution in [2.45, 2.75) is 19.9 Å². The van der Waals surface area contributed by atoms with Crippen molar-refractivity contribution in [1.29, 1.82) is 0 Å². The van der Waals surface area contributed by atoms with Crippen LogP contribution in [0.2, 0.25) is 0 Å². The van der Waals surface area contributed by atoms with Gasteiger partial charge in [0.05, 0.1) is 13.2 Å². The predicted molar refractivity (Wildman–Crippen MR) is 77.1 cm³/mol. The molecule has 18 heavy (non-hydrogen) atoms. The van der Waals surface area contributed by atoms with Gasteiger partial charge in [0.15, 0.2) is 5.78 Å². The van der Waals surface area contributed by atoms with Crippen LogP contribution in [0.4, 0.5) is 0 Å². The van der Waals surface area contributed by atoms with Crippen LogP contribution in [0.25, 0.3) is 0 Å². The molecule has 1 rings (SSSR count). The molecule has 1 aromatic carbocycles. The van der Waals surface area contributed by atoms with Crippen molar-refractivity contribution in [3.8, 4) is 0 Å². The molecule has 0 saturated carbocycles. The second-order valence-electron chi connectivity index (χ2n) is 4.30. The van der Waals surface area contributed by atoms with Gasteiger partial charge in [0.25, 0.3) is 0 Å². The van der Waals surface area contributed by atoms with Crippen molar-refractivity contribution in [3.05, 3.63) is 34.3 Å². The van der Waals surface area contributed by atoms with Crippen molar-refractivity contribution >= 4 is 21.7 Å². The standard InChI is InChI=1S/C14H20BrNO2/c1-4-16(11(2)10-18-3)9-14(17)12-5-7-13(15)8-6-12/h5-8,11H,4,9-10H2,1-3H3. The van der Waals surface area contributed by atoms with Gasteiger partial charge in [0, 0.05) is 23.2 Å². The van der Waals surface area contributed by atoms with Gasteiger partial charge in [0.1, 0.15) is 0 Å². The highest BCUT2D eigenvalue weighted by Gasteiger charge is 2.16. The predicted octanol–water partition coefficient (Wildman–Crippen LogP) is 2.99. The van der Waals surface area contributed by atoms with Crippen LogP contribution in [0.15, 0.2) is 28.7 Å². The van der Waals surface area contributed by atoms with E-state index in [1.807, 2.05) is 24.3 Å². The zero-order chi connectivity index (χ0) is 13.5. The third-order valence-corrected chi connectivity index (χ3v) is 3.48. The summed E-state index contributed by atoms with van der Waals surface area (Å²) in [5, 5.41) is 0. The summed E-state index contributed by atoms with van der Waals surface area (Å²) in [6, 6.07) is 7.73. The average Bonchev–Trinajstić information content (AvgIpc) is 2.36. The topological polar surface area (TPSA) is 29.5 Å². The molecule has 0 amide bonds.